The van der Waals surface area contributed by atoms with E-state index in [1.165, 1.54) is 25.1 Å². The largest absolute Gasteiger partial charge is 0.330 e. The Morgan fingerprint density at radius 1 is 1.53 bits per heavy atom. The summed E-state index contributed by atoms with van der Waals surface area (Å²) in [5.74, 6) is 4.87. The van der Waals surface area contributed by atoms with Crippen LogP contribution in [0.2, 0.25) is 0 Å². The van der Waals surface area contributed by atoms with Gasteiger partial charge >= 0.3 is 0 Å². The molecule has 2 N–H and O–H groups in total. The van der Waals surface area contributed by atoms with Crippen molar-refractivity contribution in [2.45, 2.75) is 13.3 Å². The quantitative estimate of drug-likeness (QED) is 0.590. The first-order valence-electron chi connectivity index (χ1n) is 4.64. The fraction of sp³-hybridized carbons (Fsp3) is 0.250. The molecule has 3 heteroatoms. The van der Waals surface area contributed by atoms with Crippen LogP contribution in [-0.4, -0.2) is 12.3 Å². The van der Waals surface area contributed by atoms with Gasteiger partial charge in [-0.15, -0.1) is 0 Å². The fourth-order valence-corrected chi connectivity index (χ4v) is 1.07. The average Bonchev–Trinajstić information content (AvgIpc) is 2.20. The first-order chi connectivity index (χ1) is 7.15. The Kier molecular flexibility index (Phi) is 4.02. The van der Waals surface area contributed by atoms with Crippen LogP contribution >= 0.6 is 0 Å². The minimum Gasteiger partial charge on any atom is -0.330 e. The van der Waals surface area contributed by atoms with Gasteiger partial charge in [-0.1, -0.05) is 11.8 Å². The minimum absolute atomic E-state index is 0.100. The van der Waals surface area contributed by atoms with Crippen LogP contribution in [0.25, 0.3) is 0 Å². The highest BCUT2D eigenvalue weighted by Gasteiger charge is 2.03. The predicted octanol–water partition coefficient (Wildman–Crippen LogP) is 1.73. The van der Waals surface area contributed by atoms with Gasteiger partial charge in [-0.05, 0) is 25.1 Å². The van der Waals surface area contributed by atoms with E-state index in [1.807, 2.05) is 0 Å². The number of carbonyl (C=O) groups excluding carboxylic acids is 1. The zero-order chi connectivity index (χ0) is 11.3. The molecule has 2 nitrogen and oxygen atoms in total. The second-order valence-electron chi connectivity index (χ2n) is 3.09. The molecule has 0 aliphatic carbocycles. The van der Waals surface area contributed by atoms with Crippen LogP contribution in [0.3, 0.4) is 0 Å². The SMILES string of the molecule is CC(=O)c1ccc(F)c(C#CCCN)c1. The molecule has 0 saturated heterocycles. The van der Waals surface area contributed by atoms with E-state index in [0.717, 1.165) is 0 Å². The lowest BCUT2D eigenvalue weighted by Gasteiger charge is -1.98. The predicted molar refractivity (Wildman–Crippen MR) is 57.0 cm³/mol. The molecule has 0 amide bonds. The van der Waals surface area contributed by atoms with Crippen LogP contribution in [0.5, 0.6) is 0 Å². The lowest BCUT2D eigenvalue weighted by molar-refractivity contribution is 0.101. The van der Waals surface area contributed by atoms with E-state index >= 15 is 0 Å². The van der Waals surface area contributed by atoms with Crippen molar-refractivity contribution in [2.24, 2.45) is 5.73 Å². The Balaban J connectivity index is 3.02. The van der Waals surface area contributed by atoms with E-state index in [2.05, 4.69) is 11.8 Å². The van der Waals surface area contributed by atoms with Gasteiger partial charge in [-0.3, -0.25) is 4.79 Å². The van der Waals surface area contributed by atoms with E-state index < -0.39 is 5.82 Å². The number of ketones is 1. The maximum atomic E-state index is 13.2. The Morgan fingerprint density at radius 3 is 2.87 bits per heavy atom. The number of benzene rings is 1. The molecule has 78 valence electrons. The van der Waals surface area contributed by atoms with Crippen LogP contribution in [0.15, 0.2) is 18.2 Å². The zero-order valence-corrected chi connectivity index (χ0v) is 8.51. The van der Waals surface area contributed by atoms with Crippen molar-refractivity contribution in [2.75, 3.05) is 6.54 Å². The van der Waals surface area contributed by atoms with Crippen molar-refractivity contribution < 1.29 is 9.18 Å². The summed E-state index contributed by atoms with van der Waals surface area (Å²) in [6, 6.07) is 4.16. The number of Topliss-reactive ketones (excluding diaryl/α,β-unsaturated/α-hetero) is 1. The molecule has 1 aromatic rings. The molecule has 1 rings (SSSR count). The second kappa shape index (κ2) is 5.28. The fourth-order valence-electron chi connectivity index (χ4n) is 1.07. The summed E-state index contributed by atoms with van der Waals surface area (Å²) in [6.07, 6.45) is 0.518. The average molecular weight is 205 g/mol. The third kappa shape index (κ3) is 3.19. The van der Waals surface area contributed by atoms with Crippen molar-refractivity contribution in [3.8, 4) is 11.8 Å². The van der Waals surface area contributed by atoms with Crippen molar-refractivity contribution in [1.82, 2.24) is 0 Å². The number of carbonyl (C=O) groups is 1. The zero-order valence-electron chi connectivity index (χ0n) is 8.51. The Morgan fingerprint density at radius 2 is 2.27 bits per heavy atom. The molecule has 0 aliphatic heterocycles. The first kappa shape index (κ1) is 11.4. The summed E-state index contributed by atoms with van der Waals surface area (Å²) < 4.78 is 13.2. The number of hydrogen-bond donors (Lipinski definition) is 1. The van der Waals surface area contributed by atoms with Crippen molar-refractivity contribution in [1.29, 1.82) is 0 Å². The molecule has 0 unspecified atom stereocenters. The van der Waals surface area contributed by atoms with Gasteiger partial charge in [0.05, 0.1) is 5.56 Å². The molecular formula is C12H12FNO. The standard InChI is InChI=1S/C12H12FNO/c1-9(15)10-5-6-12(13)11(8-10)4-2-3-7-14/h5-6,8H,3,7,14H2,1H3. The molecule has 0 saturated carbocycles. The van der Waals surface area contributed by atoms with E-state index in [0.29, 0.717) is 18.5 Å². The third-order valence-electron chi connectivity index (χ3n) is 1.87. The molecular weight excluding hydrogens is 193 g/mol. The maximum Gasteiger partial charge on any atom is 0.159 e. The highest BCUT2D eigenvalue weighted by atomic mass is 19.1. The van der Waals surface area contributed by atoms with E-state index in [9.17, 15) is 9.18 Å². The Labute approximate surface area is 88.3 Å². The molecule has 0 bridgehead atoms. The van der Waals surface area contributed by atoms with E-state index in [1.54, 1.807) is 0 Å². The summed E-state index contributed by atoms with van der Waals surface area (Å²) >= 11 is 0. The molecule has 0 aliphatic rings. The molecule has 0 aromatic heterocycles. The maximum absolute atomic E-state index is 13.2. The molecule has 15 heavy (non-hydrogen) atoms. The van der Waals surface area contributed by atoms with Gasteiger partial charge in [-0.25, -0.2) is 4.39 Å². The summed E-state index contributed by atoms with van der Waals surface area (Å²) in [5, 5.41) is 0. The molecule has 0 fully saturated rings. The van der Waals surface area contributed by atoms with Crippen LogP contribution in [0, 0.1) is 17.7 Å². The number of rotatable bonds is 2. The van der Waals surface area contributed by atoms with Crippen molar-refractivity contribution in [3.05, 3.63) is 35.1 Å². The molecule has 0 atom stereocenters. The van der Waals surface area contributed by atoms with Gasteiger partial charge in [0.25, 0.3) is 0 Å². The highest BCUT2D eigenvalue weighted by Crippen LogP contribution is 2.09. The van der Waals surface area contributed by atoms with Gasteiger partial charge in [0.15, 0.2) is 5.78 Å². The van der Waals surface area contributed by atoms with Crippen molar-refractivity contribution in [3.63, 3.8) is 0 Å². The minimum atomic E-state index is -0.412. The van der Waals surface area contributed by atoms with Gasteiger partial charge in [0.2, 0.25) is 0 Å². The molecule has 0 heterocycles. The van der Waals surface area contributed by atoms with E-state index in [-0.39, 0.29) is 11.3 Å². The molecule has 0 radical (unpaired) electrons. The number of nitrogens with two attached hydrogens (primary N) is 1. The summed E-state index contributed by atoms with van der Waals surface area (Å²) in [5.41, 5.74) is 5.97. The lowest BCUT2D eigenvalue weighted by Crippen LogP contribution is -1.96. The van der Waals surface area contributed by atoms with Crippen LogP contribution in [0.1, 0.15) is 29.3 Å². The third-order valence-corrected chi connectivity index (χ3v) is 1.87. The second-order valence-corrected chi connectivity index (χ2v) is 3.09. The van der Waals surface area contributed by atoms with Gasteiger partial charge in [-0.2, -0.15) is 0 Å². The van der Waals surface area contributed by atoms with Crippen LogP contribution in [-0.2, 0) is 0 Å². The summed E-state index contributed by atoms with van der Waals surface area (Å²) in [4.78, 5) is 11.0. The molecule has 0 spiro atoms. The highest BCUT2D eigenvalue weighted by molar-refractivity contribution is 5.94. The Bertz CT molecular complexity index is 429. The normalized spacial score (nSPS) is 9.27. The summed E-state index contributed by atoms with van der Waals surface area (Å²) in [7, 11) is 0. The smallest absolute Gasteiger partial charge is 0.159 e. The Hall–Kier alpha value is -1.66. The lowest BCUT2D eigenvalue weighted by atomic mass is 10.1. The van der Waals surface area contributed by atoms with E-state index in [4.69, 9.17) is 5.73 Å². The monoisotopic (exact) mass is 205 g/mol. The van der Waals surface area contributed by atoms with Gasteiger partial charge < -0.3 is 5.73 Å². The van der Waals surface area contributed by atoms with Gasteiger partial charge in [0.1, 0.15) is 5.82 Å². The molecule has 1 aromatic carbocycles. The van der Waals surface area contributed by atoms with Crippen LogP contribution < -0.4 is 5.73 Å². The number of halogens is 1. The summed E-state index contributed by atoms with van der Waals surface area (Å²) in [6.45, 7) is 1.88. The first-order valence-corrected chi connectivity index (χ1v) is 4.64. The number of hydrogen-bond acceptors (Lipinski definition) is 2. The van der Waals surface area contributed by atoms with Crippen molar-refractivity contribution >= 4 is 5.78 Å². The van der Waals surface area contributed by atoms with Crippen LogP contribution in [0.4, 0.5) is 4.39 Å². The van der Waals surface area contributed by atoms with Gasteiger partial charge in [0, 0.05) is 18.5 Å². The topological polar surface area (TPSA) is 43.1 Å².